The van der Waals surface area contributed by atoms with Gasteiger partial charge in [-0.3, -0.25) is 0 Å². The molecule has 0 aliphatic carbocycles. The van der Waals surface area contributed by atoms with Crippen molar-refractivity contribution in [3.8, 4) is 5.75 Å². The molecule has 114 valence electrons. The molecule has 0 aromatic heterocycles. The van der Waals surface area contributed by atoms with E-state index in [0.717, 1.165) is 16.9 Å². The molecular formula is C19H27NO. The highest BCUT2D eigenvalue weighted by Gasteiger charge is 2.00. The Bertz CT molecular complexity index is 517. The lowest BCUT2D eigenvalue weighted by molar-refractivity contribution is 0.306. The van der Waals surface area contributed by atoms with Crippen molar-refractivity contribution >= 4 is 0 Å². The Hall–Kier alpha value is -1.80. The summed E-state index contributed by atoms with van der Waals surface area (Å²) in [6, 6.07) is 16.5. The summed E-state index contributed by atoms with van der Waals surface area (Å²) in [4.78, 5) is 0. The zero-order chi connectivity index (χ0) is 15.7. The Balaban J connectivity index is 0.00000106. The van der Waals surface area contributed by atoms with Crippen LogP contribution in [-0.4, -0.2) is 0 Å². The lowest BCUT2D eigenvalue weighted by Crippen LogP contribution is -2.00. The summed E-state index contributed by atoms with van der Waals surface area (Å²) in [5, 5.41) is 0. The Labute approximate surface area is 129 Å². The first kappa shape index (κ1) is 17.3. The highest BCUT2D eigenvalue weighted by molar-refractivity contribution is 5.29. The van der Waals surface area contributed by atoms with Gasteiger partial charge in [0.15, 0.2) is 0 Å². The molecule has 2 rings (SSSR count). The number of hydrogen-bond donors (Lipinski definition) is 1. The molecule has 0 saturated heterocycles. The van der Waals surface area contributed by atoms with E-state index < -0.39 is 0 Å². The average molecular weight is 285 g/mol. The minimum atomic E-state index is 0.551. The number of benzene rings is 2. The first-order chi connectivity index (χ1) is 10.2. The molecular weight excluding hydrogens is 258 g/mol. The average Bonchev–Trinajstić information content (AvgIpc) is 2.55. The van der Waals surface area contributed by atoms with Gasteiger partial charge in [0.1, 0.15) is 12.4 Å². The smallest absolute Gasteiger partial charge is 0.119 e. The molecule has 0 spiro atoms. The molecule has 0 aliphatic heterocycles. The number of nitrogens with two attached hydrogens (primary N) is 1. The number of rotatable bonds is 5. The van der Waals surface area contributed by atoms with Crippen LogP contribution in [0.3, 0.4) is 0 Å². The van der Waals surface area contributed by atoms with Crippen LogP contribution in [0.15, 0.2) is 48.5 Å². The second-order valence-electron chi connectivity index (χ2n) is 5.04. The molecule has 0 saturated carbocycles. The fraction of sp³-hybridized carbons (Fsp3) is 0.368. The van der Waals surface area contributed by atoms with Crippen LogP contribution in [0.5, 0.6) is 5.75 Å². The van der Waals surface area contributed by atoms with Gasteiger partial charge in [0, 0.05) is 6.54 Å². The van der Waals surface area contributed by atoms with Gasteiger partial charge in [-0.2, -0.15) is 0 Å². The Kier molecular flexibility index (Phi) is 7.55. The lowest BCUT2D eigenvalue weighted by atomic mass is 10.0. The van der Waals surface area contributed by atoms with Gasteiger partial charge in [-0.25, -0.2) is 0 Å². The summed E-state index contributed by atoms with van der Waals surface area (Å²) >= 11 is 0. The molecule has 2 heteroatoms. The van der Waals surface area contributed by atoms with E-state index in [0.29, 0.717) is 19.1 Å². The molecule has 0 fully saturated rings. The van der Waals surface area contributed by atoms with Crippen LogP contribution in [0.25, 0.3) is 0 Å². The standard InChI is InChI=1S/C17H21NO.C2H6/c1-13(2)16-6-8-17(9-7-16)19-12-15-5-3-4-14(10-15)11-18;1-2/h3-10,13H,11-12,18H2,1-2H3;1-2H3. The van der Waals surface area contributed by atoms with E-state index in [9.17, 15) is 0 Å². The topological polar surface area (TPSA) is 35.2 Å². The summed E-state index contributed by atoms with van der Waals surface area (Å²) in [7, 11) is 0. The minimum Gasteiger partial charge on any atom is -0.489 e. The molecule has 2 nitrogen and oxygen atoms in total. The predicted molar refractivity (Wildman–Crippen MR) is 90.5 cm³/mol. The summed E-state index contributed by atoms with van der Waals surface area (Å²) in [5.74, 6) is 1.46. The van der Waals surface area contributed by atoms with Crippen LogP contribution in [-0.2, 0) is 13.2 Å². The zero-order valence-corrected chi connectivity index (χ0v) is 13.6. The van der Waals surface area contributed by atoms with Crippen molar-refractivity contribution in [2.24, 2.45) is 5.73 Å². The number of hydrogen-bond acceptors (Lipinski definition) is 2. The molecule has 21 heavy (non-hydrogen) atoms. The van der Waals surface area contributed by atoms with Gasteiger partial charge in [0.25, 0.3) is 0 Å². The Morgan fingerprint density at radius 1 is 0.952 bits per heavy atom. The van der Waals surface area contributed by atoms with Gasteiger partial charge in [-0.05, 0) is 34.7 Å². The third-order valence-electron chi connectivity index (χ3n) is 3.18. The largest absolute Gasteiger partial charge is 0.489 e. The fourth-order valence-electron chi connectivity index (χ4n) is 1.96. The Morgan fingerprint density at radius 2 is 1.57 bits per heavy atom. The van der Waals surface area contributed by atoms with Crippen molar-refractivity contribution in [1.29, 1.82) is 0 Å². The summed E-state index contributed by atoms with van der Waals surface area (Å²) in [5.41, 5.74) is 9.25. The summed E-state index contributed by atoms with van der Waals surface area (Å²) < 4.78 is 5.79. The summed E-state index contributed by atoms with van der Waals surface area (Å²) in [6.07, 6.45) is 0. The lowest BCUT2D eigenvalue weighted by Gasteiger charge is -2.09. The van der Waals surface area contributed by atoms with Gasteiger partial charge in [-0.1, -0.05) is 64.1 Å². The molecule has 2 N–H and O–H groups in total. The Morgan fingerprint density at radius 3 is 2.14 bits per heavy atom. The normalized spacial score (nSPS) is 10.0. The maximum atomic E-state index is 5.79. The molecule has 2 aromatic rings. The highest BCUT2D eigenvalue weighted by atomic mass is 16.5. The van der Waals surface area contributed by atoms with Gasteiger partial charge in [0.2, 0.25) is 0 Å². The second kappa shape index (κ2) is 9.19. The van der Waals surface area contributed by atoms with Crippen LogP contribution < -0.4 is 10.5 Å². The van der Waals surface area contributed by atoms with Gasteiger partial charge in [0.05, 0.1) is 0 Å². The molecule has 0 heterocycles. The molecule has 2 aromatic carbocycles. The molecule has 0 amide bonds. The highest BCUT2D eigenvalue weighted by Crippen LogP contribution is 2.19. The molecule has 0 radical (unpaired) electrons. The van der Waals surface area contributed by atoms with Crippen LogP contribution in [0.1, 0.15) is 50.3 Å². The quantitative estimate of drug-likeness (QED) is 0.850. The van der Waals surface area contributed by atoms with Crippen LogP contribution in [0.2, 0.25) is 0 Å². The maximum Gasteiger partial charge on any atom is 0.119 e. The van der Waals surface area contributed by atoms with Gasteiger partial charge >= 0.3 is 0 Å². The minimum absolute atomic E-state index is 0.551. The monoisotopic (exact) mass is 285 g/mol. The van der Waals surface area contributed by atoms with Crippen molar-refractivity contribution in [2.45, 2.75) is 46.8 Å². The van der Waals surface area contributed by atoms with Crippen LogP contribution >= 0.6 is 0 Å². The van der Waals surface area contributed by atoms with Crippen molar-refractivity contribution in [3.63, 3.8) is 0 Å². The third-order valence-corrected chi connectivity index (χ3v) is 3.18. The van der Waals surface area contributed by atoms with E-state index in [1.165, 1.54) is 5.56 Å². The molecule has 0 aliphatic rings. The summed E-state index contributed by atoms with van der Waals surface area (Å²) in [6.45, 7) is 9.52. The first-order valence-electron chi connectivity index (χ1n) is 7.69. The van der Waals surface area contributed by atoms with E-state index in [1.807, 2.05) is 38.1 Å². The molecule has 0 bridgehead atoms. The maximum absolute atomic E-state index is 5.79. The van der Waals surface area contributed by atoms with Gasteiger partial charge in [-0.15, -0.1) is 0 Å². The van der Waals surface area contributed by atoms with Crippen LogP contribution in [0, 0.1) is 0 Å². The van der Waals surface area contributed by atoms with Crippen LogP contribution in [0.4, 0.5) is 0 Å². The van der Waals surface area contributed by atoms with E-state index in [4.69, 9.17) is 10.5 Å². The predicted octanol–water partition coefficient (Wildman–Crippen LogP) is 4.87. The third kappa shape index (κ3) is 5.60. The zero-order valence-electron chi connectivity index (χ0n) is 13.6. The second-order valence-corrected chi connectivity index (χ2v) is 5.04. The number of ether oxygens (including phenoxy) is 1. The fourth-order valence-corrected chi connectivity index (χ4v) is 1.96. The SMILES string of the molecule is CC.CC(C)c1ccc(OCc2cccc(CN)c2)cc1. The van der Waals surface area contributed by atoms with Crippen molar-refractivity contribution in [3.05, 3.63) is 65.2 Å². The van der Waals surface area contributed by atoms with Crippen molar-refractivity contribution in [2.75, 3.05) is 0 Å². The van der Waals surface area contributed by atoms with E-state index in [-0.39, 0.29) is 0 Å². The van der Waals surface area contributed by atoms with Crippen molar-refractivity contribution in [1.82, 2.24) is 0 Å². The van der Waals surface area contributed by atoms with E-state index in [2.05, 4.69) is 38.1 Å². The van der Waals surface area contributed by atoms with Gasteiger partial charge < -0.3 is 10.5 Å². The molecule has 0 atom stereocenters. The van der Waals surface area contributed by atoms with Crippen molar-refractivity contribution < 1.29 is 4.74 Å². The van der Waals surface area contributed by atoms with E-state index >= 15 is 0 Å². The van der Waals surface area contributed by atoms with E-state index in [1.54, 1.807) is 0 Å². The first-order valence-corrected chi connectivity index (χ1v) is 7.69. The molecule has 0 unspecified atom stereocenters.